The summed E-state index contributed by atoms with van der Waals surface area (Å²) in [7, 11) is 0. The van der Waals surface area contributed by atoms with E-state index < -0.39 is 64.3 Å². The van der Waals surface area contributed by atoms with Gasteiger partial charge in [-0.15, -0.1) is 0 Å². The molecule has 0 aromatic heterocycles. The van der Waals surface area contributed by atoms with E-state index in [1.807, 2.05) is 19.1 Å². The third-order valence-electron chi connectivity index (χ3n) is 10.9. The standard InChI is InChI=1S/C39H29Cl2FN2O5/c1-20-10-12-25(18-30(20)41)43-35(46)27-14-13-26-28(33(27)37(43)48)19-29-36(47)44(24-9-5-8-23(40)17-24)38(49)39(29,22-6-3-2-4-7-22)34(26)21-11-15-32(45)31(42)16-21/h2-13,15-18,27-29,33-34,45H,14,19H2,1H3. The number of allylic oxidation sites excluding steroid dienone is 2. The van der Waals surface area contributed by atoms with Gasteiger partial charge in [0, 0.05) is 16.0 Å². The van der Waals surface area contributed by atoms with Crippen LogP contribution in [0.2, 0.25) is 10.0 Å². The lowest BCUT2D eigenvalue weighted by Gasteiger charge is -2.50. The predicted molar refractivity (Wildman–Crippen MR) is 183 cm³/mol. The summed E-state index contributed by atoms with van der Waals surface area (Å²) in [4.78, 5) is 60.7. The van der Waals surface area contributed by atoms with Crippen LogP contribution >= 0.6 is 23.2 Å². The van der Waals surface area contributed by atoms with Crippen LogP contribution in [-0.4, -0.2) is 28.7 Å². The van der Waals surface area contributed by atoms with Crippen molar-refractivity contribution >= 4 is 58.2 Å². The molecule has 6 unspecified atom stereocenters. The van der Waals surface area contributed by atoms with E-state index in [4.69, 9.17) is 23.2 Å². The van der Waals surface area contributed by atoms with Crippen LogP contribution in [0.5, 0.6) is 5.75 Å². The van der Waals surface area contributed by atoms with Gasteiger partial charge in [0.15, 0.2) is 11.6 Å². The zero-order valence-electron chi connectivity index (χ0n) is 26.1. The number of hydrogen-bond donors (Lipinski definition) is 1. The number of halogens is 3. The molecular formula is C39H29Cl2FN2O5. The summed E-state index contributed by atoms with van der Waals surface area (Å²) in [5.41, 5.74) is 1.53. The summed E-state index contributed by atoms with van der Waals surface area (Å²) in [5, 5.41) is 10.9. The zero-order chi connectivity index (χ0) is 34.4. The van der Waals surface area contributed by atoms with E-state index in [1.54, 1.807) is 72.8 Å². The molecule has 3 fully saturated rings. The number of phenolic OH excluding ortho intramolecular Hbond substituents is 1. The highest BCUT2D eigenvalue weighted by atomic mass is 35.5. The normalized spacial score (nSPS) is 27.6. The average Bonchev–Trinajstić information content (AvgIpc) is 3.48. The number of aromatic hydroxyl groups is 1. The lowest BCUT2D eigenvalue weighted by molar-refractivity contribution is -0.127. The topological polar surface area (TPSA) is 95.0 Å². The summed E-state index contributed by atoms with van der Waals surface area (Å²) in [6.45, 7) is 1.83. The summed E-state index contributed by atoms with van der Waals surface area (Å²) in [6, 6.07) is 24.5. The molecule has 2 heterocycles. The van der Waals surface area contributed by atoms with Crippen LogP contribution in [0, 0.1) is 36.4 Å². The Balaban J connectivity index is 1.35. The fraction of sp³-hybridized carbons (Fsp3) is 0.231. The van der Waals surface area contributed by atoms with Gasteiger partial charge in [0.05, 0.1) is 34.5 Å². The molecular weight excluding hydrogens is 666 g/mol. The molecule has 2 saturated heterocycles. The van der Waals surface area contributed by atoms with E-state index in [9.17, 15) is 19.5 Å². The van der Waals surface area contributed by atoms with Gasteiger partial charge < -0.3 is 5.11 Å². The largest absolute Gasteiger partial charge is 0.505 e. The molecule has 4 aromatic carbocycles. The van der Waals surface area contributed by atoms with Gasteiger partial charge in [-0.25, -0.2) is 14.2 Å². The minimum atomic E-state index is -1.55. The van der Waals surface area contributed by atoms with Crippen molar-refractivity contribution < 1.29 is 28.7 Å². The van der Waals surface area contributed by atoms with Gasteiger partial charge in [-0.2, -0.15) is 0 Å². The first-order valence-electron chi connectivity index (χ1n) is 16.1. The maximum Gasteiger partial charge on any atom is 0.246 e. The number of phenols is 1. The minimum Gasteiger partial charge on any atom is -0.505 e. The molecule has 1 saturated carbocycles. The third-order valence-corrected chi connectivity index (χ3v) is 11.5. The van der Waals surface area contributed by atoms with Crippen LogP contribution in [-0.2, 0) is 24.6 Å². The highest BCUT2D eigenvalue weighted by Gasteiger charge is 2.70. The molecule has 2 aliphatic heterocycles. The number of anilines is 2. The lowest BCUT2D eigenvalue weighted by Crippen LogP contribution is -2.53. The monoisotopic (exact) mass is 694 g/mol. The average molecular weight is 696 g/mol. The molecule has 10 heteroatoms. The Bertz CT molecular complexity index is 2140. The number of rotatable bonds is 4. The second-order valence-electron chi connectivity index (χ2n) is 13.2. The van der Waals surface area contributed by atoms with Crippen molar-refractivity contribution in [3.8, 4) is 5.75 Å². The van der Waals surface area contributed by atoms with Crippen molar-refractivity contribution in [1.29, 1.82) is 0 Å². The Labute approximate surface area is 291 Å². The van der Waals surface area contributed by atoms with Crippen LogP contribution in [0.15, 0.2) is 103 Å². The molecule has 4 aliphatic rings. The molecule has 0 radical (unpaired) electrons. The molecule has 49 heavy (non-hydrogen) atoms. The molecule has 6 atom stereocenters. The van der Waals surface area contributed by atoms with Gasteiger partial charge in [0.2, 0.25) is 23.6 Å². The molecule has 4 aromatic rings. The second-order valence-corrected chi connectivity index (χ2v) is 14.1. The van der Waals surface area contributed by atoms with Crippen LogP contribution < -0.4 is 9.80 Å². The number of benzene rings is 4. The van der Waals surface area contributed by atoms with Crippen molar-refractivity contribution in [2.45, 2.75) is 31.1 Å². The smallest absolute Gasteiger partial charge is 0.246 e. The highest BCUT2D eigenvalue weighted by molar-refractivity contribution is 6.33. The summed E-state index contributed by atoms with van der Waals surface area (Å²) < 4.78 is 15.3. The van der Waals surface area contributed by atoms with Gasteiger partial charge in [0.25, 0.3) is 0 Å². The van der Waals surface area contributed by atoms with Gasteiger partial charge in [-0.05, 0) is 84.8 Å². The van der Waals surface area contributed by atoms with Gasteiger partial charge in [-0.1, -0.05) is 83.4 Å². The first kappa shape index (κ1) is 31.5. The predicted octanol–water partition coefficient (Wildman–Crippen LogP) is 7.51. The molecule has 2 aliphatic carbocycles. The Kier molecular flexibility index (Phi) is 7.32. The van der Waals surface area contributed by atoms with Crippen LogP contribution in [0.25, 0.3) is 0 Å². The van der Waals surface area contributed by atoms with E-state index in [0.717, 1.165) is 10.5 Å². The number of imide groups is 2. The van der Waals surface area contributed by atoms with Crippen LogP contribution in [0.3, 0.4) is 0 Å². The maximum absolute atomic E-state index is 15.3. The van der Waals surface area contributed by atoms with E-state index in [-0.39, 0.29) is 18.7 Å². The Hall–Kier alpha value is -4.79. The van der Waals surface area contributed by atoms with E-state index in [2.05, 4.69) is 0 Å². The summed E-state index contributed by atoms with van der Waals surface area (Å²) >= 11 is 12.8. The van der Waals surface area contributed by atoms with Crippen molar-refractivity contribution in [1.82, 2.24) is 0 Å². The van der Waals surface area contributed by atoms with E-state index in [1.165, 1.54) is 17.0 Å². The summed E-state index contributed by atoms with van der Waals surface area (Å²) in [5.74, 6) is -7.22. The molecule has 0 spiro atoms. The Morgan fingerprint density at radius 3 is 2.27 bits per heavy atom. The number of aryl methyl sites for hydroxylation is 1. The zero-order valence-corrected chi connectivity index (χ0v) is 27.7. The van der Waals surface area contributed by atoms with Crippen molar-refractivity contribution in [2.24, 2.45) is 23.7 Å². The first-order valence-corrected chi connectivity index (χ1v) is 16.8. The lowest BCUT2D eigenvalue weighted by atomic mass is 9.49. The van der Waals surface area contributed by atoms with E-state index >= 15 is 9.18 Å². The fourth-order valence-corrected chi connectivity index (χ4v) is 9.16. The Morgan fingerprint density at radius 1 is 0.796 bits per heavy atom. The molecule has 7 nitrogen and oxygen atoms in total. The number of amides is 4. The number of nitrogens with zero attached hydrogens (tertiary/aromatic N) is 2. The second kappa shape index (κ2) is 11.4. The van der Waals surface area contributed by atoms with E-state index in [0.29, 0.717) is 38.1 Å². The fourth-order valence-electron chi connectivity index (χ4n) is 8.80. The first-order chi connectivity index (χ1) is 23.5. The molecule has 0 bridgehead atoms. The number of carbonyl (C=O) groups is 4. The number of fused-ring (bicyclic) bond motifs is 4. The molecule has 8 rings (SSSR count). The van der Waals surface area contributed by atoms with Crippen molar-refractivity contribution in [3.63, 3.8) is 0 Å². The maximum atomic E-state index is 15.3. The number of hydrogen-bond acceptors (Lipinski definition) is 5. The minimum absolute atomic E-state index is 0.0993. The molecule has 246 valence electrons. The molecule has 4 amide bonds. The summed E-state index contributed by atoms with van der Waals surface area (Å²) in [6.07, 6.45) is 2.21. The van der Waals surface area contributed by atoms with Gasteiger partial charge >= 0.3 is 0 Å². The van der Waals surface area contributed by atoms with Crippen LogP contribution in [0.4, 0.5) is 15.8 Å². The Morgan fingerprint density at radius 2 is 1.55 bits per heavy atom. The van der Waals surface area contributed by atoms with Crippen molar-refractivity contribution in [2.75, 3.05) is 9.80 Å². The number of carbonyl (C=O) groups excluding carboxylic acids is 4. The van der Waals surface area contributed by atoms with Gasteiger partial charge in [-0.3, -0.25) is 19.2 Å². The molecule has 1 N–H and O–H groups in total. The van der Waals surface area contributed by atoms with Crippen molar-refractivity contribution in [3.05, 3.63) is 135 Å². The van der Waals surface area contributed by atoms with Gasteiger partial charge in [0.1, 0.15) is 0 Å². The van der Waals surface area contributed by atoms with Crippen LogP contribution in [0.1, 0.15) is 35.4 Å². The highest BCUT2D eigenvalue weighted by Crippen LogP contribution is 2.64. The third kappa shape index (κ3) is 4.46. The quantitative estimate of drug-likeness (QED) is 0.176. The SMILES string of the molecule is Cc1ccc(N2C(=O)C3CC=C4C(CC5C(=O)N(c6cccc(Cl)c6)C(=O)C5(c5ccccc5)C4c4ccc(O)c(F)c4)C3C2=O)cc1Cl.